The molecule has 0 amide bonds. The molecule has 2 heterocycles. The summed E-state index contributed by atoms with van der Waals surface area (Å²) >= 11 is 1.94. The Labute approximate surface area is 71.6 Å². The van der Waals surface area contributed by atoms with Gasteiger partial charge in [-0.15, -0.1) is 11.8 Å². The minimum absolute atomic E-state index is 0.707. The van der Waals surface area contributed by atoms with Crippen molar-refractivity contribution >= 4 is 11.8 Å². The summed E-state index contributed by atoms with van der Waals surface area (Å²) in [5.41, 5.74) is 0. The number of ether oxygens (including phenoxy) is 1. The van der Waals surface area contributed by atoms with Gasteiger partial charge in [0.25, 0.3) is 0 Å². The van der Waals surface area contributed by atoms with Crippen LogP contribution < -0.4 is 0 Å². The first-order chi connectivity index (χ1) is 5.47. The van der Waals surface area contributed by atoms with Crippen molar-refractivity contribution in [2.75, 3.05) is 26.3 Å². The van der Waals surface area contributed by atoms with Crippen molar-refractivity contribution in [2.24, 2.45) is 0 Å². The molecule has 0 saturated carbocycles. The minimum Gasteiger partial charge on any atom is -0.379 e. The molecule has 2 aliphatic rings. The second-order valence-electron chi connectivity index (χ2n) is 2.85. The normalized spacial score (nSPS) is 32.9. The first-order valence-corrected chi connectivity index (χ1v) is 5.03. The van der Waals surface area contributed by atoms with Gasteiger partial charge in [-0.25, -0.2) is 0 Å². The molecular weight excluding hydrogens is 158 g/mol. The van der Waals surface area contributed by atoms with Crippen LogP contribution in [0.2, 0.25) is 0 Å². The second kappa shape index (κ2) is 3.61. The highest BCUT2D eigenvalue weighted by molar-refractivity contribution is 8.02. The molecule has 0 radical (unpaired) electrons. The maximum Gasteiger partial charge on any atom is 0.0635 e. The van der Waals surface area contributed by atoms with Crippen LogP contribution in [0.1, 0.15) is 6.42 Å². The van der Waals surface area contributed by atoms with Crippen LogP contribution in [0.25, 0.3) is 0 Å². The summed E-state index contributed by atoms with van der Waals surface area (Å²) in [7, 11) is 0. The highest BCUT2D eigenvalue weighted by atomic mass is 32.2. The molecule has 0 aromatic rings. The lowest BCUT2D eigenvalue weighted by Gasteiger charge is -2.31. The summed E-state index contributed by atoms with van der Waals surface area (Å²) in [5, 5.41) is 2.92. The molecular formula is C8H13NOS. The van der Waals surface area contributed by atoms with E-state index in [1.807, 2.05) is 11.8 Å². The van der Waals surface area contributed by atoms with Crippen LogP contribution in [0.5, 0.6) is 0 Å². The molecule has 1 atom stereocenters. The van der Waals surface area contributed by atoms with Gasteiger partial charge in [0.1, 0.15) is 0 Å². The Balaban J connectivity index is 1.83. The van der Waals surface area contributed by atoms with Gasteiger partial charge in [0, 0.05) is 13.1 Å². The molecule has 2 nitrogen and oxygen atoms in total. The van der Waals surface area contributed by atoms with E-state index < -0.39 is 0 Å². The third kappa shape index (κ3) is 1.78. The van der Waals surface area contributed by atoms with E-state index in [1.165, 1.54) is 6.42 Å². The Bertz CT molecular complexity index is 146. The van der Waals surface area contributed by atoms with Crippen LogP contribution in [-0.4, -0.2) is 36.6 Å². The van der Waals surface area contributed by atoms with Crippen LogP contribution in [0.15, 0.2) is 11.5 Å². The van der Waals surface area contributed by atoms with E-state index in [4.69, 9.17) is 4.74 Å². The summed E-state index contributed by atoms with van der Waals surface area (Å²) < 4.78 is 5.29. The van der Waals surface area contributed by atoms with Crippen molar-refractivity contribution < 1.29 is 4.74 Å². The Hall–Kier alpha value is 0.01000. The van der Waals surface area contributed by atoms with E-state index in [1.54, 1.807) is 0 Å². The largest absolute Gasteiger partial charge is 0.379 e. The number of hydrogen-bond acceptors (Lipinski definition) is 3. The van der Waals surface area contributed by atoms with E-state index in [0.29, 0.717) is 5.37 Å². The van der Waals surface area contributed by atoms with Gasteiger partial charge in [0.05, 0.1) is 18.6 Å². The van der Waals surface area contributed by atoms with Crippen molar-refractivity contribution in [3.05, 3.63) is 11.5 Å². The SMILES string of the molecule is C1=CSC(N2CCOCC2)C1. The molecule has 0 spiro atoms. The topological polar surface area (TPSA) is 12.5 Å². The Morgan fingerprint density at radius 3 is 2.82 bits per heavy atom. The Morgan fingerprint density at radius 2 is 2.18 bits per heavy atom. The third-order valence-electron chi connectivity index (χ3n) is 2.12. The average Bonchev–Trinajstić information content (AvgIpc) is 2.58. The Kier molecular flexibility index (Phi) is 2.51. The van der Waals surface area contributed by atoms with E-state index in [-0.39, 0.29) is 0 Å². The summed E-state index contributed by atoms with van der Waals surface area (Å²) in [4.78, 5) is 2.51. The van der Waals surface area contributed by atoms with Crippen molar-refractivity contribution in [2.45, 2.75) is 11.8 Å². The zero-order valence-corrected chi connectivity index (χ0v) is 7.35. The number of hydrogen-bond donors (Lipinski definition) is 0. The van der Waals surface area contributed by atoms with Crippen LogP contribution in [0.3, 0.4) is 0 Å². The van der Waals surface area contributed by atoms with E-state index in [2.05, 4.69) is 16.4 Å². The number of rotatable bonds is 1. The van der Waals surface area contributed by atoms with Gasteiger partial charge in [-0.1, -0.05) is 6.08 Å². The Morgan fingerprint density at radius 1 is 1.36 bits per heavy atom. The molecule has 2 rings (SSSR count). The monoisotopic (exact) mass is 171 g/mol. The van der Waals surface area contributed by atoms with E-state index >= 15 is 0 Å². The molecule has 1 unspecified atom stereocenters. The molecule has 62 valence electrons. The molecule has 0 aliphatic carbocycles. The van der Waals surface area contributed by atoms with Gasteiger partial charge >= 0.3 is 0 Å². The van der Waals surface area contributed by atoms with Crippen molar-refractivity contribution in [1.29, 1.82) is 0 Å². The third-order valence-corrected chi connectivity index (χ3v) is 3.28. The summed E-state index contributed by atoms with van der Waals surface area (Å²) in [5.74, 6) is 0. The maximum absolute atomic E-state index is 5.29. The lowest BCUT2D eigenvalue weighted by molar-refractivity contribution is 0.0334. The number of morpholine rings is 1. The standard InChI is InChI=1S/C8H13NOS/c1-2-8(11-7-1)9-3-5-10-6-4-9/h1,7-8H,2-6H2. The van der Waals surface area contributed by atoms with Gasteiger partial charge in [0.2, 0.25) is 0 Å². The van der Waals surface area contributed by atoms with Gasteiger partial charge in [-0.2, -0.15) is 0 Å². The maximum atomic E-state index is 5.29. The van der Waals surface area contributed by atoms with Crippen molar-refractivity contribution in [1.82, 2.24) is 4.90 Å². The minimum atomic E-state index is 0.707. The van der Waals surface area contributed by atoms with Gasteiger partial charge in [-0.05, 0) is 11.8 Å². The highest BCUT2D eigenvalue weighted by Crippen LogP contribution is 2.27. The fourth-order valence-corrected chi connectivity index (χ4v) is 2.48. The van der Waals surface area contributed by atoms with E-state index in [0.717, 1.165) is 26.3 Å². The zero-order chi connectivity index (χ0) is 7.52. The fourth-order valence-electron chi connectivity index (χ4n) is 1.47. The van der Waals surface area contributed by atoms with Gasteiger partial charge in [0.15, 0.2) is 0 Å². The van der Waals surface area contributed by atoms with Crippen LogP contribution in [-0.2, 0) is 4.74 Å². The lowest BCUT2D eigenvalue weighted by Crippen LogP contribution is -2.41. The van der Waals surface area contributed by atoms with Crippen LogP contribution in [0.4, 0.5) is 0 Å². The fraction of sp³-hybridized carbons (Fsp3) is 0.750. The summed E-state index contributed by atoms with van der Waals surface area (Å²) in [6.45, 7) is 4.05. The van der Waals surface area contributed by atoms with Gasteiger partial charge < -0.3 is 4.74 Å². The summed E-state index contributed by atoms with van der Waals surface area (Å²) in [6.07, 6.45) is 3.47. The molecule has 1 fully saturated rings. The van der Waals surface area contributed by atoms with Crippen molar-refractivity contribution in [3.63, 3.8) is 0 Å². The zero-order valence-electron chi connectivity index (χ0n) is 6.53. The van der Waals surface area contributed by atoms with Crippen molar-refractivity contribution in [3.8, 4) is 0 Å². The van der Waals surface area contributed by atoms with Crippen LogP contribution in [0, 0.1) is 0 Å². The first-order valence-electron chi connectivity index (χ1n) is 4.09. The number of nitrogens with zero attached hydrogens (tertiary/aromatic N) is 1. The average molecular weight is 171 g/mol. The summed E-state index contributed by atoms with van der Waals surface area (Å²) in [6, 6.07) is 0. The predicted octanol–water partition coefficient (Wildman–Crippen LogP) is 1.30. The first kappa shape index (κ1) is 7.65. The molecule has 0 bridgehead atoms. The second-order valence-corrected chi connectivity index (χ2v) is 3.94. The van der Waals surface area contributed by atoms with E-state index in [9.17, 15) is 0 Å². The van der Waals surface area contributed by atoms with Crippen LogP contribution >= 0.6 is 11.8 Å². The molecule has 2 aliphatic heterocycles. The molecule has 1 saturated heterocycles. The smallest absolute Gasteiger partial charge is 0.0635 e. The molecule has 11 heavy (non-hydrogen) atoms. The molecule has 0 aromatic carbocycles. The quantitative estimate of drug-likeness (QED) is 0.590. The molecule has 0 N–H and O–H groups in total. The lowest BCUT2D eigenvalue weighted by atomic mass is 10.3. The molecule has 3 heteroatoms. The predicted molar refractivity (Wildman–Crippen MR) is 47.5 cm³/mol. The van der Waals surface area contributed by atoms with Gasteiger partial charge in [-0.3, -0.25) is 4.90 Å². The molecule has 0 aromatic heterocycles. The number of thioether (sulfide) groups is 1. The highest BCUT2D eigenvalue weighted by Gasteiger charge is 2.21.